The van der Waals surface area contributed by atoms with Gasteiger partial charge >= 0.3 is 12.1 Å². The Morgan fingerprint density at radius 1 is 1.14 bits per heavy atom. The quantitative estimate of drug-likeness (QED) is 0.660. The lowest BCUT2D eigenvalue weighted by molar-refractivity contribution is -0.157. The summed E-state index contributed by atoms with van der Waals surface area (Å²) in [6.07, 6.45) is -0.0877. The van der Waals surface area contributed by atoms with Crippen molar-refractivity contribution in [2.75, 3.05) is 32.9 Å². The van der Waals surface area contributed by atoms with E-state index in [1.54, 1.807) is 11.8 Å². The summed E-state index contributed by atoms with van der Waals surface area (Å²) in [6, 6.07) is 15.8. The molecule has 1 aliphatic carbocycles. The van der Waals surface area contributed by atoms with E-state index in [0.29, 0.717) is 26.2 Å². The molecular weight excluding hydrogens is 448 g/mol. The Kier molecular flexibility index (Phi) is 6.23. The summed E-state index contributed by atoms with van der Waals surface area (Å²) in [5.41, 5.74) is 3.66. The number of hydrogen-bond donors (Lipinski definition) is 2. The Labute approximate surface area is 204 Å². The molecule has 2 aromatic carbocycles. The lowest BCUT2D eigenvalue weighted by Crippen LogP contribution is -2.45. The van der Waals surface area contributed by atoms with Crippen molar-refractivity contribution in [2.45, 2.75) is 31.7 Å². The summed E-state index contributed by atoms with van der Waals surface area (Å²) in [5, 5.41) is 12.6. The van der Waals surface area contributed by atoms with E-state index in [0.717, 1.165) is 22.3 Å². The SMILES string of the molecule is C[C@@H](CC(=O)N1C[C@H]2COCC[C@@]2(C(=O)O)C1)NC(=O)OCC1c2ccccc2-c2ccccc21. The number of nitrogens with one attached hydrogen (secondary N) is 1. The first kappa shape index (κ1) is 23.4. The molecule has 0 unspecified atom stereocenters. The van der Waals surface area contributed by atoms with Gasteiger partial charge in [0.25, 0.3) is 0 Å². The first-order valence-corrected chi connectivity index (χ1v) is 12.1. The van der Waals surface area contributed by atoms with Crippen molar-refractivity contribution < 1.29 is 29.0 Å². The standard InChI is InChI=1S/C27H30N2O6/c1-17(12-24(30)29-13-18-14-34-11-10-27(18,16-29)25(31)32)28-26(33)35-15-23-21-8-4-2-6-19(21)20-7-3-5-9-22(20)23/h2-9,17-18,23H,10-16H2,1H3,(H,28,33)(H,31,32)/t17-,18-,27+/m0/s1. The number of aliphatic carboxylic acids is 1. The summed E-state index contributed by atoms with van der Waals surface area (Å²) in [7, 11) is 0. The number of ether oxygens (including phenoxy) is 2. The Bertz CT molecular complexity index is 1100. The minimum absolute atomic E-state index is 0.0348. The predicted octanol–water partition coefficient (Wildman–Crippen LogP) is 3.25. The maximum absolute atomic E-state index is 12.9. The van der Waals surface area contributed by atoms with Crippen molar-refractivity contribution in [2.24, 2.45) is 11.3 Å². The predicted molar refractivity (Wildman–Crippen MR) is 128 cm³/mol. The number of carboxylic acid groups (broad SMARTS) is 1. The van der Waals surface area contributed by atoms with Gasteiger partial charge in [-0.05, 0) is 35.6 Å². The van der Waals surface area contributed by atoms with Crippen LogP contribution in [-0.4, -0.2) is 66.9 Å². The number of benzene rings is 2. The molecule has 2 fully saturated rings. The smallest absolute Gasteiger partial charge is 0.407 e. The summed E-state index contributed by atoms with van der Waals surface area (Å²) in [6.45, 7) is 3.25. The zero-order chi connectivity index (χ0) is 24.6. The highest BCUT2D eigenvalue weighted by Gasteiger charge is 2.54. The van der Waals surface area contributed by atoms with Gasteiger partial charge in [-0.25, -0.2) is 4.79 Å². The summed E-state index contributed by atoms with van der Waals surface area (Å²) in [4.78, 5) is 39.0. The van der Waals surface area contributed by atoms with Gasteiger partial charge in [0.1, 0.15) is 6.61 Å². The number of carbonyl (C=O) groups is 3. The summed E-state index contributed by atoms with van der Waals surface area (Å²) >= 11 is 0. The van der Waals surface area contributed by atoms with Crippen LogP contribution in [-0.2, 0) is 19.1 Å². The van der Waals surface area contributed by atoms with E-state index in [2.05, 4.69) is 29.6 Å². The largest absolute Gasteiger partial charge is 0.481 e. The molecule has 0 radical (unpaired) electrons. The zero-order valence-corrected chi connectivity index (χ0v) is 19.7. The van der Waals surface area contributed by atoms with Crippen molar-refractivity contribution in [1.82, 2.24) is 10.2 Å². The molecule has 0 aromatic heterocycles. The third-order valence-corrected chi connectivity index (χ3v) is 7.67. The number of rotatable bonds is 6. The molecular formula is C27H30N2O6. The average Bonchev–Trinajstić information content (AvgIpc) is 3.40. The molecule has 2 heterocycles. The molecule has 0 spiro atoms. The van der Waals surface area contributed by atoms with E-state index in [1.807, 2.05) is 24.3 Å². The minimum atomic E-state index is -0.933. The highest BCUT2D eigenvalue weighted by Crippen LogP contribution is 2.45. The highest BCUT2D eigenvalue weighted by atomic mass is 16.5. The maximum Gasteiger partial charge on any atom is 0.407 e. The van der Waals surface area contributed by atoms with Crippen molar-refractivity contribution in [3.8, 4) is 11.1 Å². The molecule has 3 atom stereocenters. The van der Waals surface area contributed by atoms with E-state index >= 15 is 0 Å². The molecule has 184 valence electrons. The van der Waals surface area contributed by atoms with Gasteiger partial charge in [0.05, 0.1) is 12.0 Å². The second kappa shape index (κ2) is 9.34. The Morgan fingerprint density at radius 2 is 1.80 bits per heavy atom. The van der Waals surface area contributed by atoms with Crippen molar-refractivity contribution in [3.63, 3.8) is 0 Å². The van der Waals surface area contributed by atoms with Crippen LogP contribution >= 0.6 is 0 Å². The van der Waals surface area contributed by atoms with Crippen LogP contribution in [0.2, 0.25) is 0 Å². The topological polar surface area (TPSA) is 105 Å². The third-order valence-electron chi connectivity index (χ3n) is 7.67. The van der Waals surface area contributed by atoms with Crippen LogP contribution in [0.25, 0.3) is 11.1 Å². The van der Waals surface area contributed by atoms with Crippen LogP contribution in [0.15, 0.2) is 48.5 Å². The van der Waals surface area contributed by atoms with Crippen LogP contribution in [0.4, 0.5) is 4.79 Å². The van der Waals surface area contributed by atoms with Crippen LogP contribution in [0, 0.1) is 11.3 Å². The van der Waals surface area contributed by atoms with Gasteiger partial charge in [0.15, 0.2) is 0 Å². The molecule has 5 rings (SSSR count). The number of amides is 2. The van der Waals surface area contributed by atoms with E-state index in [1.165, 1.54) is 0 Å². The lowest BCUT2D eigenvalue weighted by Gasteiger charge is -2.33. The van der Waals surface area contributed by atoms with E-state index in [-0.39, 0.29) is 37.3 Å². The number of fused-ring (bicyclic) bond motifs is 4. The highest BCUT2D eigenvalue weighted by molar-refractivity contribution is 5.82. The van der Waals surface area contributed by atoms with Gasteiger partial charge < -0.3 is 24.8 Å². The van der Waals surface area contributed by atoms with Gasteiger partial charge in [-0.15, -0.1) is 0 Å². The maximum atomic E-state index is 12.9. The normalized spacial score (nSPS) is 23.7. The number of nitrogens with zero attached hydrogens (tertiary/aromatic N) is 1. The average molecular weight is 479 g/mol. The summed E-state index contributed by atoms with van der Waals surface area (Å²) < 4.78 is 11.0. The van der Waals surface area contributed by atoms with E-state index in [9.17, 15) is 19.5 Å². The fraction of sp³-hybridized carbons (Fsp3) is 0.444. The summed E-state index contributed by atoms with van der Waals surface area (Å²) in [5.74, 6) is -1.28. The van der Waals surface area contributed by atoms with Gasteiger partial charge in [-0.1, -0.05) is 48.5 Å². The molecule has 8 heteroatoms. The molecule has 8 nitrogen and oxygen atoms in total. The number of alkyl carbamates (subject to hydrolysis) is 1. The minimum Gasteiger partial charge on any atom is -0.481 e. The molecule has 0 saturated carbocycles. The first-order chi connectivity index (χ1) is 16.9. The van der Waals surface area contributed by atoms with Crippen LogP contribution < -0.4 is 5.32 Å². The van der Waals surface area contributed by atoms with Gasteiger partial charge in [0, 0.05) is 44.0 Å². The van der Waals surface area contributed by atoms with E-state index < -0.39 is 23.5 Å². The van der Waals surface area contributed by atoms with Crippen molar-refractivity contribution >= 4 is 18.0 Å². The molecule has 2 N–H and O–H groups in total. The third kappa shape index (κ3) is 4.27. The first-order valence-electron chi connectivity index (χ1n) is 12.1. The van der Waals surface area contributed by atoms with Crippen molar-refractivity contribution in [1.29, 1.82) is 0 Å². The fourth-order valence-corrected chi connectivity index (χ4v) is 5.77. The van der Waals surface area contributed by atoms with Gasteiger partial charge in [-0.2, -0.15) is 0 Å². The van der Waals surface area contributed by atoms with E-state index in [4.69, 9.17) is 9.47 Å². The number of hydrogen-bond acceptors (Lipinski definition) is 5. The fourth-order valence-electron chi connectivity index (χ4n) is 5.77. The second-order valence-corrected chi connectivity index (χ2v) is 9.83. The van der Waals surface area contributed by atoms with Crippen molar-refractivity contribution in [3.05, 3.63) is 59.7 Å². The lowest BCUT2D eigenvalue weighted by atomic mass is 9.74. The molecule has 2 saturated heterocycles. The molecule has 2 aliphatic heterocycles. The number of carboxylic acids is 1. The zero-order valence-electron chi connectivity index (χ0n) is 19.7. The molecule has 2 aromatic rings. The Balaban J connectivity index is 1.15. The Hall–Kier alpha value is -3.39. The number of carbonyl (C=O) groups excluding carboxylic acids is 2. The van der Waals surface area contributed by atoms with Gasteiger partial charge in [0.2, 0.25) is 5.91 Å². The van der Waals surface area contributed by atoms with Crippen LogP contribution in [0.5, 0.6) is 0 Å². The second-order valence-electron chi connectivity index (χ2n) is 9.83. The molecule has 35 heavy (non-hydrogen) atoms. The monoisotopic (exact) mass is 478 g/mol. The number of likely N-dealkylation sites (tertiary alicyclic amines) is 1. The molecule has 3 aliphatic rings. The van der Waals surface area contributed by atoms with Crippen LogP contribution in [0.1, 0.15) is 36.8 Å². The Morgan fingerprint density at radius 3 is 2.43 bits per heavy atom. The molecule has 0 bridgehead atoms. The van der Waals surface area contributed by atoms with Crippen LogP contribution in [0.3, 0.4) is 0 Å². The van der Waals surface area contributed by atoms with Gasteiger partial charge in [-0.3, -0.25) is 9.59 Å². The molecule has 2 amide bonds.